The zero-order chi connectivity index (χ0) is 16.1. The Labute approximate surface area is 137 Å². The van der Waals surface area contributed by atoms with Crippen molar-refractivity contribution in [1.82, 2.24) is 10.2 Å². The Bertz CT molecular complexity index is 635. The first-order valence-corrected chi connectivity index (χ1v) is 8.13. The van der Waals surface area contributed by atoms with Crippen LogP contribution in [0.1, 0.15) is 25.7 Å². The van der Waals surface area contributed by atoms with E-state index < -0.39 is 0 Å². The zero-order valence-electron chi connectivity index (χ0n) is 13.8. The zero-order valence-corrected chi connectivity index (χ0v) is 13.8. The van der Waals surface area contributed by atoms with E-state index in [1.54, 1.807) is 14.2 Å². The van der Waals surface area contributed by atoms with Gasteiger partial charge in [-0.05, 0) is 37.1 Å². The van der Waals surface area contributed by atoms with Gasteiger partial charge in [-0.1, -0.05) is 18.9 Å². The summed E-state index contributed by atoms with van der Waals surface area (Å²) in [5, 5.41) is 8.84. The third-order valence-electron chi connectivity index (χ3n) is 4.26. The predicted octanol–water partition coefficient (Wildman–Crippen LogP) is 3.54. The van der Waals surface area contributed by atoms with E-state index in [0.717, 1.165) is 30.2 Å². The first-order valence-electron chi connectivity index (χ1n) is 8.13. The normalized spacial score (nSPS) is 15.1. The lowest BCUT2D eigenvalue weighted by atomic mass is 10.1. The van der Waals surface area contributed by atoms with Gasteiger partial charge in [-0.2, -0.15) is 0 Å². The fraction of sp³-hybridized carbons (Fsp3) is 0.444. The van der Waals surface area contributed by atoms with Crippen LogP contribution in [-0.2, 0) is 0 Å². The molecule has 23 heavy (non-hydrogen) atoms. The van der Waals surface area contributed by atoms with Gasteiger partial charge in [0.05, 0.1) is 19.9 Å². The monoisotopic (exact) mass is 313 g/mol. The maximum Gasteiger partial charge on any atom is 0.170 e. The summed E-state index contributed by atoms with van der Waals surface area (Å²) >= 11 is 0. The standard InChI is InChI=1S/C18H23N3O2/c1-22-16-9-7-8-14(18(16)23-2)15-10-11-17(20-19-15)21-12-5-3-4-6-13-21/h7-11H,3-6,12-13H2,1-2H3. The first kappa shape index (κ1) is 15.6. The van der Waals surface area contributed by atoms with E-state index >= 15 is 0 Å². The summed E-state index contributed by atoms with van der Waals surface area (Å²) in [6.07, 6.45) is 5.08. The molecule has 0 radical (unpaired) electrons. The molecule has 1 saturated heterocycles. The molecule has 0 N–H and O–H groups in total. The molecule has 5 nitrogen and oxygen atoms in total. The van der Waals surface area contributed by atoms with Crippen LogP contribution in [0.15, 0.2) is 30.3 Å². The Morgan fingerprint density at radius 1 is 0.870 bits per heavy atom. The van der Waals surface area contributed by atoms with Gasteiger partial charge in [0.2, 0.25) is 0 Å². The highest BCUT2D eigenvalue weighted by atomic mass is 16.5. The number of hydrogen-bond acceptors (Lipinski definition) is 5. The predicted molar refractivity (Wildman–Crippen MR) is 91.3 cm³/mol. The first-order chi connectivity index (χ1) is 11.3. The van der Waals surface area contributed by atoms with Crippen molar-refractivity contribution in [2.75, 3.05) is 32.2 Å². The molecule has 2 aromatic rings. The molecule has 0 atom stereocenters. The van der Waals surface area contributed by atoms with Crippen LogP contribution >= 0.6 is 0 Å². The van der Waals surface area contributed by atoms with Crippen molar-refractivity contribution >= 4 is 5.82 Å². The summed E-state index contributed by atoms with van der Waals surface area (Å²) < 4.78 is 10.8. The number of rotatable bonds is 4. The lowest BCUT2D eigenvalue weighted by Crippen LogP contribution is -2.25. The molecule has 1 aliphatic rings. The number of ether oxygens (including phenoxy) is 2. The lowest BCUT2D eigenvalue weighted by Gasteiger charge is -2.20. The minimum absolute atomic E-state index is 0.687. The minimum Gasteiger partial charge on any atom is -0.493 e. The number of para-hydroxylation sites is 1. The molecule has 0 saturated carbocycles. The third kappa shape index (κ3) is 3.38. The van der Waals surface area contributed by atoms with Crippen LogP contribution in [0.2, 0.25) is 0 Å². The van der Waals surface area contributed by atoms with Gasteiger partial charge in [0.1, 0.15) is 0 Å². The molecule has 1 aromatic carbocycles. The number of benzene rings is 1. The SMILES string of the molecule is COc1cccc(-c2ccc(N3CCCCCC3)nn2)c1OC. The van der Waals surface area contributed by atoms with Crippen LogP contribution in [0.4, 0.5) is 5.82 Å². The Morgan fingerprint density at radius 3 is 2.26 bits per heavy atom. The van der Waals surface area contributed by atoms with Crippen LogP contribution in [0.25, 0.3) is 11.3 Å². The summed E-state index contributed by atoms with van der Waals surface area (Å²) in [6, 6.07) is 9.83. The molecular formula is C18H23N3O2. The Hall–Kier alpha value is -2.30. The number of hydrogen-bond donors (Lipinski definition) is 0. The average molecular weight is 313 g/mol. The average Bonchev–Trinajstić information content (AvgIpc) is 2.90. The van der Waals surface area contributed by atoms with Crippen molar-refractivity contribution in [3.8, 4) is 22.8 Å². The number of aromatic nitrogens is 2. The van der Waals surface area contributed by atoms with Gasteiger partial charge in [-0.25, -0.2) is 0 Å². The van der Waals surface area contributed by atoms with E-state index in [1.165, 1.54) is 25.7 Å². The van der Waals surface area contributed by atoms with Crippen LogP contribution in [0, 0.1) is 0 Å². The van der Waals surface area contributed by atoms with Crippen molar-refractivity contribution < 1.29 is 9.47 Å². The molecule has 0 spiro atoms. The molecule has 0 aliphatic carbocycles. The second-order valence-electron chi connectivity index (χ2n) is 5.72. The molecule has 0 unspecified atom stereocenters. The summed E-state index contributed by atoms with van der Waals surface area (Å²) in [5.74, 6) is 2.34. The topological polar surface area (TPSA) is 47.5 Å². The van der Waals surface area contributed by atoms with Gasteiger partial charge in [-0.3, -0.25) is 0 Å². The van der Waals surface area contributed by atoms with Gasteiger partial charge in [-0.15, -0.1) is 10.2 Å². The van der Waals surface area contributed by atoms with Gasteiger partial charge >= 0.3 is 0 Å². The maximum atomic E-state index is 5.48. The van der Waals surface area contributed by atoms with E-state index in [1.807, 2.05) is 30.3 Å². The Kier molecular flexibility index (Phi) is 4.95. The van der Waals surface area contributed by atoms with Crippen molar-refractivity contribution in [3.05, 3.63) is 30.3 Å². The Morgan fingerprint density at radius 2 is 1.65 bits per heavy atom. The van der Waals surface area contributed by atoms with Crippen molar-refractivity contribution in [3.63, 3.8) is 0 Å². The highest BCUT2D eigenvalue weighted by Crippen LogP contribution is 2.36. The number of anilines is 1. The van der Waals surface area contributed by atoms with E-state index in [9.17, 15) is 0 Å². The molecule has 2 heterocycles. The summed E-state index contributed by atoms with van der Waals surface area (Å²) in [6.45, 7) is 2.13. The summed E-state index contributed by atoms with van der Waals surface area (Å²) in [5.41, 5.74) is 1.68. The summed E-state index contributed by atoms with van der Waals surface area (Å²) in [7, 11) is 3.27. The molecule has 5 heteroatoms. The second kappa shape index (κ2) is 7.31. The number of nitrogens with zero attached hydrogens (tertiary/aromatic N) is 3. The van der Waals surface area contributed by atoms with Gasteiger partial charge < -0.3 is 14.4 Å². The molecular weight excluding hydrogens is 290 g/mol. The molecule has 1 aromatic heterocycles. The van der Waals surface area contributed by atoms with Crippen LogP contribution < -0.4 is 14.4 Å². The lowest BCUT2D eigenvalue weighted by molar-refractivity contribution is 0.356. The molecule has 122 valence electrons. The number of methoxy groups -OCH3 is 2. The summed E-state index contributed by atoms with van der Waals surface area (Å²) in [4.78, 5) is 2.33. The second-order valence-corrected chi connectivity index (χ2v) is 5.72. The molecule has 0 amide bonds. The fourth-order valence-electron chi connectivity index (χ4n) is 3.03. The highest BCUT2D eigenvalue weighted by molar-refractivity contribution is 5.71. The molecule has 3 rings (SSSR count). The third-order valence-corrected chi connectivity index (χ3v) is 4.26. The molecule has 1 fully saturated rings. The van der Waals surface area contributed by atoms with Crippen molar-refractivity contribution in [1.29, 1.82) is 0 Å². The van der Waals surface area contributed by atoms with Crippen molar-refractivity contribution in [2.24, 2.45) is 0 Å². The van der Waals surface area contributed by atoms with Gasteiger partial charge in [0.25, 0.3) is 0 Å². The quantitative estimate of drug-likeness (QED) is 0.864. The van der Waals surface area contributed by atoms with E-state index in [4.69, 9.17) is 9.47 Å². The largest absolute Gasteiger partial charge is 0.493 e. The Balaban J connectivity index is 1.87. The van der Waals surface area contributed by atoms with Gasteiger partial charge in [0.15, 0.2) is 17.3 Å². The fourth-order valence-corrected chi connectivity index (χ4v) is 3.03. The van der Waals surface area contributed by atoms with Crippen molar-refractivity contribution in [2.45, 2.75) is 25.7 Å². The molecule has 1 aliphatic heterocycles. The van der Waals surface area contributed by atoms with E-state index in [0.29, 0.717) is 11.5 Å². The van der Waals surface area contributed by atoms with E-state index in [2.05, 4.69) is 15.1 Å². The van der Waals surface area contributed by atoms with E-state index in [-0.39, 0.29) is 0 Å². The maximum absolute atomic E-state index is 5.48. The van der Waals surface area contributed by atoms with Gasteiger partial charge in [0, 0.05) is 18.7 Å². The highest BCUT2D eigenvalue weighted by Gasteiger charge is 2.15. The smallest absolute Gasteiger partial charge is 0.170 e. The van der Waals surface area contributed by atoms with Crippen LogP contribution in [0.3, 0.4) is 0 Å². The molecule has 0 bridgehead atoms. The minimum atomic E-state index is 0.687. The van der Waals surface area contributed by atoms with Crippen LogP contribution in [-0.4, -0.2) is 37.5 Å². The van der Waals surface area contributed by atoms with Crippen LogP contribution in [0.5, 0.6) is 11.5 Å².